The second kappa shape index (κ2) is 6.26. The molecule has 0 heterocycles. The van der Waals surface area contributed by atoms with Crippen LogP contribution in [0, 0.1) is 11.3 Å². The summed E-state index contributed by atoms with van der Waals surface area (Å²) in [5, 5.41) is 0. The Morgan fingerprint density at radius 3 is 2.60 bits per heavy atom. The fourth-order valence-electron chi connectivity index (χ4n) is 5.29. The van der Waals surface area contributed by atoms with E-state index in [4.69, 9.17) is 4.74 Å². The van der Waals surface area contributed by atoms with Gasteiger partial charge in [-0.2, -0.15) is 0 Å². The van der Waals surface area contributed by atoms with E-state index >= 15 is 0 Å². The summed E-state index contributed by atoms with van der Waals surface area (Å²) in [4.78, 5) is 23.7. The van der Waals surface area contributed by atoms with Crippen LogP contribution >= 0.6 is 0 Å². The molecule has 1 saturated carbocycles. The van der Waals surface area contributed by atoms with Crippen molar-refractivity contribution in [3.63, 3.8) is 0 Å². The number of carbonyl (C=O) groups is 2. The number of fused-ring (bicyclic) bond motifs is 3. The molecular weight excluding hydrogens is 312 g/mol. The van der Waals surface area contributed by atoms with Crippen LogP contribution in [0.3, 0.4) is 0 Å². The Morgan fingerprint density at radius 1 is 1.28 bits per heavy atom. The molecule has 1 aromatic carbocycles. The molecule has 0 aliphatic heterocycles. The maximum absolute atomic E-state index is 12.0. The summed E-state index contributed by atoms with van der Waals surface area (Å²) < 4.78 is 5.73. The molecule has 3 nitrogen and oxygen atoms in total. The van der Waals surface area contributed by atoms with Gasteiger partial charge in [-0.1, -0.05) is 52.3 Å². The molecule has 2 aliphatic rings. The van der Waals surface area contributed by atoms with Crippen molar-refractivity contribution in [2.24, 2.45) is 11.3 Å². The Morgan fingerprint density at radius 2 is 2.00 bits per heavy atom. The maximum atomic E-state index is 12.0. The second-order valence-corrected chi connectivity index (χ2v) is 8.78. The van der Waals surface area contributed by atoms with E-state index < -0.39 is 0 Å². The van der Waals surface area contributed by atoms with Gasteiger partial charge in [0.15, 0.2) is 0 Å². The van der Waals surface area contributed by atoms with Crippen LogP contribution in [0.4, 0.5) is 0 Å². The Balaban J connectivity index is 2.16. The minimum absolute atomic E-state index is 0.0323. The van der Waals surface area contributed by atoms with Crippen LogP contribution < -0.4 is 0 Å². The minimum Gasteiger partial charge on any atom is -0.458 e. The molecule has 0 spiro atoms. The molecule has 136 valence electrons. The first-order chi connectivity index (χ1) is 11.7. The van der Waals surface area contributed by atoms with Crippen LogP contribution in [0.1, 0.15) is 89.0 Å². The lowest BCUT2D eigenvalue weighted by molar-refractivity contribution is -0.151. The highest BCUT2D eigenvalue weighted by Gasteiger charge is 2.54. The molecule has 0 saturated heterocycles. The zero-order chi connectivity index (χ0) is 18.4. The van der Waals surface area contributed by atoms with Crippen molar-refractivity contribution in [2.45, 2.75) is 77.7 Å². The molecule has 0 bridgehead atoms. The first-order valence-corrected chi connectivity index (χ1v) is 9.49. The molecule has 0 radical (unpaired) electrons. The summed E-state index contributed by atoms with van der Waals surface area (Å²) in [6.45, 7) is 10.2. The molecule has 25 heavy (non-hydrogen) atoms. The van der Waals surface area contributed by atoms with Gasteiger partial charge in [-0.05, 0) is 53.2 Å². The van der Waals surface area contributed by atoms with Crippen LogP contribution in [0.2, 0.25) is 0 Å². The SMILES string of the molecule is CC(=O)O[C@@H]1C[C@H]2[C@](C)(C=O)CCC[C@]2(C)c2ccc(C(C)C)cc21. The van der Waals surface area contributed by atoms with Gasteiger partial charge in [-0.15, -0.1) is 0 Å². The molecule has 0 amide bonds. The van der Waals surface area contributed by atoms with Crippen LogP contribution in [0.5, 0.6) is 0 Å². The van der Waals surface area contributed by atoms with Gasteiger partial charge in [0.1, 0.15) is 12.4 Å². The first kappa shape index (κ1) is 18.2. The topological polar surface area (TPSA) is 43.4 Å². The highest BCUT2D eigenvalue weighted by molar-refractivity contribution is 5.67. The smallest absolute Gasteiger partial charge is 0.303 e. The van der Waals surface area contributed by atoms with E-state index in [0.717, 1.165) is 37.5 Å². The number of rotatable bonds is 3. The van der Waals surface area contributed by atoms with E-state index in [9.17, 15) is 9.59 Å². The quantitative estimate of drug-likeness (QED) is 0.568. The highest BCUT2D eigenvalue weighted by atomic mass is 16.5. The van der Waals surface area contributed by atoms with Gasteiger partial charge in [0.25, 0.3) is 0 Å². The number of carbonyl (C=O) groups excluding carboxylic acids is 2. The van der Waals surface area contributed by atoms with Gasteiger partial charge in [-0.25, -0.2) is 0 Å². The zero-order valence-corrected chi connectivity index (χ0v) is 16.1. The minimum atomic E-state index is -0.347. The van der Waals surface area contributed by atoms with E-state index in [1.54, 1.807) is 0 Å². The third-order valence-corrected chi connectivity index (χ3v) is 6.71. The lowest BCUT2D eigenvalue weighted by atomic mass is 9.49. The number of hydrogen-bond donors (Lipinski definition) is 0. The molecule has 0 N–H and O–H groups in total. The second-order valence-electron chi connectivity index (χ2n) is 8.78. The average molecular weight is 342 g/mol. The summed E-state index contributed by atoms with van der Waals surface area (Å²) in [6, 6.07) is 6.65. The zero-order valence-electron chi connectivity index (χ0n) is 16.1. The summed E-state index contributed by atoms with van der Waals surface area (Å²) in [6.07, 6.45) is 4.70. The predicted octanol–water partition coefficient (Wildman–Crippen LogP) is 5.08. The third kappa shape index (κ3) is 2.92. The summed E-state index contributed by atoms with van der Waals surface area (Å²) in [7, 11) is 0. The van der Waals surface area contributed by atoms with Gasteiger partial charge in [0, 0.05) is 12.3 Å². The van der Waals surface area contributed by atoms with Gasteiger partial charge >= 0.3 is 5.97 Å². The van der Waals surface area contributed by atoms with Crippen LogP contribution in [0.15, 0.2) is 18.2 Å². The van der Waals surface area contributed by atoms with E-state index in [1.807, 2.05) is 0 Å². The van der Waals surface area contributed by atoms with Crippen LogP contribution in [-0.4, -0.2) is 12.3 Å². The third-order valence-electron chi connectivity index (χ3n) is 6.71. The van der Waals surface area contributed by atoms with Gasteiger partial charge in [0.2, 0.25) is 0 Å². The number of hydrogen-bond acceptors (Lipinski definition) is 3. The molecule has 2 aliphatic carbocycles. The molecule has 1 aromatic rings. The fraction of sp³-hybridized carbons (Fsp3) is 0.636. The lowest BCUT2D eigenvalue weighted by Crippen LogP contribution is -2.51. The molecule has 3 rings (SSSR count). The number of ether oxygens (including phenoxy) is 1. The van der Waals surface area contributed by atoms with Crippen molar-refractivity contribution in [3.05, 3.63) is 34.9 Å². The average Bonchev–Trinajstić information content (AvgIpc) is 2.56. The Kier molecular flexibility index (Phi) is 4.55. The number of aldehydes is 1. The Bertz CT molecular complexity index is 693. The van der Waals surface area contributed by atoms with E-state index in [0.29, 0.717) is 5.92 Å². The van der Waals surface area contributed by atoms with Gasteiger partial charge < -0.3 is 9.53 Å². The molecule has 1 fully saturated rings. The maximum Gasteiger partial charge on any atom is 0.303 e. The molecule has 0 aromatic heterocycles. The first-order valence-electron chi connectivity index (χ1n) is 9.49. The molecule has 0 unspecified atom stereocenters. The van der Waals surface area contributed by atoms with Crippen LogP contribution in [-0.2, 0) is 19.7 Å². The van der Waals surface area contributed by atoms with Gasteiger partial charge in [-0.3, -0.25) is 4.79 Å². The lowest BCUT2D eigenvalue weighted by Gasteiger charge is -2.54. The fourth-order valence-corrected chi connectivity index (χ4v) is 5.29. The van der Waals surface area contributed by atoms with Crippen molar-refractivity contribution in [1.82, 2.24) is 0 Å². The van der Waals surface area contributed by atoms with Crippen molar-refractivity contribution in [2.75, 3.05) is 0 Å². The van der Waals surface area contributed by atoms with Gasteiger partial charge in [0.05, 0.1) is 0 Å². The Labute approximate surface area is 151 Å². The molecule has 3 heteroatoms. The largest absolute Gasteiger partial charge is 0.458 e. The summed E-state index contributed by atoms with van der Waals surface area (Å²) >= 11 is 0. The van der Waals surface area contributed by atoms with Crippen molar-refractivity contribution in [3.8, 4) is 0 Å². The highest BCUT2D eigenvalue weighted by Crippen LogP contribution is 2.59. The number of benzene rings is 1. The summed E-state index contributed by atoms with van der Waals surface area (Å²) in [5.41, 5.74) is 3.31. The van der Waals surface area contributed by atoms with E-state index in [-0.39, 0.29) is 28.8 Å². The monoisotopic (exact) mass is 342 g/mol. The molecule has 4 atom stereocenters. The standard InChI is InChI=1S/C22H30O3/c1-14(2)16-7-8-18-17(11-16)19(25-15(3)24)12-20-21(4,13-23)9-6-10-22(18,20)5/h7-8,11,13-14,19-20H,6,9-10,12H2,1-5H3/t19-,20+,21+,22-/m1/s1. The van der Waals surface area contributed by atoms with E-state index in [1.165, 1.54) is 18.1 Å². The summed E-state index contributed by atoms with van der Waals surface area (Å²) in [5.74, 6) is 0.381. The van der Waals surface area contributed by atoms with Crippen molar-refractivity contribution < 1.29 is 14.3 Å². The van der Waals surface area contributed by atoms with Crippen molar-refractivity contribution in [1.29, 1.82) is 0 Å². The predicted molar refractivity (Wildman–Crippen MR) is 98.5 cm³/mol. The van der Waals surface area contributed by atoms with E-state index in [2.05, 4.69) is 45.9 Å². The van der Waals surface area contributed by atoms with Crippen molar-refractivity contribution >= 4 is 12.3 Å². The normalized spacial score (nSPS) is 34.2. The Hall–Kier alpha value is -1.64. The molecular formula is C22H30O3. The number of esters is 1. The van der Waals surface area contributed by atoms with Crippen LogP contribution in [0.25, 0.3) is 0 Å².